The highest BCUT2D eigenvalue weighted by Crippen LogP contribution is 2.26. The standard InChI is InChI=1S/C26H26N4O4S/c1-29(2)35(32,33)23-15-9-19(10-16-23)17-27-26(31)24-18-30(21-7-5-4-6-8-21)28-25(24)20-11-13-22(34-3)14-12-20/h4-16,18H,17H2,1-3H3,(H,27,31). The minimum Gasteiger partial charge on any atom is -0.497 e. The molecule has 3 aromatic carbocycles. The van der Waals surface area contributed by atoms with Gasteiger partial charge in [0.05, 0.1) is 23.3 Å². The fraction of sp³-hybridized carbons (Fsp3) is 0.154. The van der Waals surface area contributed by atoms with Crippen molar-refractivity contribution < 1.29 is 17.9 Å². The minimum absolute atomic E-state index is 0.198. The summed E-state index contributed by atoms with van der Waals surface area (Å²) in [6.45, 7) is 0.236. The molecule has 0 saturated carbocycles. The third-order valence-electron chi connectivity index (χ3n) is 5.50. The number of ether oxygens (including phenoxy) is 1. The second kappa shape index (κ2) is 10.1. The molecule has 35 heavy (non-hydrogen) atoms. The second-order valence-electron chi connectivity index (χ2n) is 8.01. The lowest BCUT2D eigenvalue weighted by molar-refractivity contribution is 0.0951. The number of nitrogens with zero attached hydrogens (tertiary/aromatic N) is 3. The Hall–Kier alpha value is -3.95. The molecule has 0 aliphatic rings. The monoisotopic (exact) mass is 490 g/mol. The highest BCUT2D eigenvalue weighted by molar-refractivity contribution is 7.89. The third kappa shape index (κ3) is 5.26. The normalized spacial score (nSPS) is 11.4. The summed E-state index contributed by atoms with van der Waals surface area (Å²) >= 11 is 0. The van der Waals surface area contributed by atoms with Crippen LogP contribution in [0.4, 0.5) is 0 Å². The summed E-state index contributed by atoms with van der Waals surface area (Å²) in [5.41, 5.74) is 3.35. The van der Waals surface area contributed by atoms with Crippen LogP contribution in [0.1, 0.15) is 15.9 Å². The van der Waals surface area contributed by atoms with E-state index in [2.05, 4.69) is 10.4 Å². The molecule has 1 amide bonds. The first-order valence-corrected chi connectivity index (χ1v) is 12.3. The molecule has 0 bridgehead atoms. The number of aromatic nitrogens is 2. The van der Waals surface area contributed by atoms with Crippen molar-refractivity contribution in [1.29, 1.82) is 0 Å². The second-order valence-corrected chi connectivity index (χ2v) is 10.2. The molecule has 8 nitrogen and oxygen atoms in total. The smallest absolute Gasteiger partial charge is 0.255 e. The van der Waals surface area contributed by atoms with Gasteiger partial charge in [0.1, 0.15) is 11.4 Å². The van der Waals surface area contributed by atoms with Crippen LogP contribution >= 0.6 is 0 Å². The van der Waals surface area contributed by atoms with Crippen molar-refractivity contribution in [2.45, 2.75) is 11.4 Å². The van der Waals surface area contributed by atoms with E-state index in [0.717, 1.165) is 21.1 Å². The van der Waals surface area contributed by atoms with Gasteiger partial charge in [0, 0.05) is 32.4 Å². The lowest BCUT2D eigenvalue weighted by Gasteiger charge is -2.12. The Kier molecular flexibility index (Phi) is 6.99. The average molecular weight is 491 g/mol. The number of para-hydroxylation sites is 1. The summed E-state index contributed by atoms with van der Waals surface area (Å²) in [5.74, 6) is 0.421. The summed E-state index contributed by atoms with van der Waals surface area (Å²) in [6, 6.07) is 23.4. The number of hydrogen-bond donors (Lipinski definition) is 1. The Labute approximate surface area is 204 Å². The molecule has 0 aliphatic carbocycles. The average Bonchev–Trinajstić information content (AvgIpc) is 3.34. The quantitative estimate of drug-likeness (QED) is 0.406. The summed E-state index contributed by atoms with van der Waals surface area (Å²) in [6.07, 6.45) is 1.71. The molecule has 0 fully saturated rings. The molecule has 0 unspecified atom stereocenters. The predicted octanol–water partition coefficient (Wildman–Crippen LogP) is 3.73. The van der Waals surface area contributed by atoms with E-state index in [4.69, 9.17) is 4.74 Å². The van der Waals surface area contributed by atoms with Gasteiger partial charge in [-0.3, -0.25) is 4.79 Å². The van der Waals surface area contributed by atoms with Gasteiger partial charge in [-0.25, -0.2) is 17.4 Å². The Morgan fingerprint density at radius 2 is 1.63 bits per heavy atom. The Balaban J connectivity index is 1.59. The number of nitrogens with one attached hydrogen (secondary N) is 1. The van der Waals surface area contributed by atoms with Crippen molar-refractivity contribution in [3.05, 3.63) is 96.2 Å². The zero-order valence-electron chi connectivity index (χ0n) is 19.7. The van der Waals surface area contributed by atoms with Gasteiger partial charge in [0.25, 0.3) is 5.91 Å². The van der Waals surface area contributed by atoms with Crippen LogP contribution in [0.15, 0.2) is 90.0 Å². The maximum atomic E-state index is 13.2. The molecule has 180 valence electrons. The SMILES string of the molecule is COc1ccc(-c2nn(-c3ccccc3)cc2C(=O)NCc2ccc(S(=O)(=O)N(C)C)cc2)cc1. The van der Waals surface area contributed by atoms with E-state index in [-0.39, 0.29) is 17.3 Å². The topological polar surface area (TPSA) is 93.5 Å². The van der Waals surface area contributed by atoms with Gasteiger partial charge in [0.15, 0.2) is 0 Å². The van der Waals surface area contributed by atoms with E-state index >= 15 is 0 Å². The number of sulfonamides is 1. The summed E-state index contributed by atoms with van der Waals surface area (Å²) in [5, 5.41) is 7.60. The van der Waals surface area contributed by atoms with E-state index in [1.807, 2.05) is 54.6 Å². The summed E-state index contributed by atoms with van der Waals surface area (Å²) < 4.78 is 32.6. The van der Waals surface area contributed by atoms with Gasteiger partial charge in [-0.1, -0.05) is 30.3 Å². The molecule has 9 heteroatoms. The van der Waals surface area contributed by atoms with Crippen LogP contribution in [0, 0.1) is 0 Å². The largest absolute Gasteiger partial charge is 0.497 e. The Morgan fingerprint density at radius 1 is 0.971 bits per heavy atom. The van der Waals surface area contributed by atoms with Gasteiger partial charge in [-0.2, -0.15) is 5.10 Å². The first kappa shape index (κ1) is 24.2. The van der Waals surface area contributed by atoms with Crippen molar-refractivity contribution in [3.63, 3.8) is 0 Å². The first-order valence-electron chi connectivity index (χ1n) is 10.9. The number of amides is 1. The number of carbonyl (C=O) groups is 1. The van der Waals surface area contributed by atoms with Crippen LogP contribution in [0.3, 0.4) is 0 Å². The number of rotatable bonds is 8. The van der Waals surface area contributed by atoms with Gasteiger partial charge in [-0.15, -0.1) is 0 Å². The third-order valence-corrected chi connectivity index (χ3v) is 7.33. The number of methoxy groups -OCH3 is 1. The Morgan fingerprint density at radius 3 is 2.23 bits per heavy atom. The predicted molar refractivity (Wildman–Crippen MR) is 134 cm³/mol. The van der Waals surface area contributed by atoms with E-state index in [9.17, 15) is 13.2 Å². The van der Waals surface area contributed by atoms with Crippen LogP contribution in [0.2, 0.25) is 0 Å². The molecule has 0 atom stereocenters. The van der Waals surface area contributed by atoms with Crippen LogP contribution in [0.25, 0.3) is 16.9 Å². The van der Waals surface area contributed by atoms with Crippen molar-refractivity contribution in [1.82, 2.24) is 19.4 Å². The molecule has 1 aromatic heterocycles. The maximum Gasteiger partial charge on any atom is 0.255 e. The molecule has 4 aromatic rings. The molecule has 0 radical (unpaired) electrons. The highest BCUT2D eigenvalue weighted by Gasteiger charge is 2.20. The fourth-order valence-corrected chi connectivity index (χ4v) is 4.38. The van der Waals surface area contributed by atoms with Crippen molar-refractivity contribution in [2.75, 3.05) is 21.2 Å². The highest BCUT2D eigenvalue weighted by atomic mass is 32.2. The molecule has 1 N–H and O–H groups in total. The summed E-state index contributed by atoms with van der Waals surface area (Å²) in [7, 11) is 1.06. The summed E-state index contributed by atoms with van der Waals surface area (Å²) in [4.78, 5) is 13.4. The molecule has 0 spiro atoms. The van der Waals surface area contributed by atoms with Crippen LogP contribution in [-0.2, 0) is 16.6 Å². The van der Waals surface area contributed by atoms with Crippen LogP contribution in [-0.4, -0.2) is 49.6 Å². The van der Waals surface area contributed by atoms with Crippen molar-refractivity contribution >= 4 is 15.9 Å². The zero-order valence-corrected chi connectivity index (χ0v) is 20.5. The van der Waals surface area contributed by atoms with E-state index in [0.29, 0.717) is 17.0 Å². The minimum atomic E-state index is -3.51. The van der Waals surface area contributed by atoms with E-state index < -0.39 is 10.0 Å². The zero-order chi connectivity index (χ0) is 25.0. The van der Waals surface area contributed by atoms with Gasteiger partial charge in [0.2, 0.25) is 10.0 Å². The molecular formula is C26H26N4O4S. The fourth-order valence-electron chi connectivity index (χ4n) is 3.48. The van der Waals surface area contributed by atoms with E-state index in [1.54, 1.807) is 30.1 Å². The van der Waals surface area contributed by atoms with Crippen molar-refractivity contribution in [2.24, 2.45) is 0 Å². The van der Waals surface area contributed by atoms with Crippen molar-refractivity contribution in [3.8, 4) is 22.7 Å². The van der Waals surface area contributed by atoms with Crippen LogP contribution in [0.5, 0.6) is 5.75 Å². The Bertz CT molecular complexity index is 1410. The number of benzene rings is 3. The number of hydrogen-bond acceptors (Lipinski definition) is 5. The van der Waals surface area contributed by atoms with Gasteiger partial charge in [-0.05, 0) is 54.1 Å². The molecule has 0 saturated heterocycles. The molecule has 0 aliphatic heterocycles. The van der Waals surface area contributed by atoms with Gasteiger partial charge < -0.3 is 10.1 Å². The van der Waals surface area contributed by atoms with Crippen LogP contribution < -0.4 is 10.1 Å². The van der Waals surface area contributed by atoms with Gasteiger partial charge >= 0.3 is 0 Å². The molecule has 1 heterocycles. The maximum absolute atomic E-state index is 13.2. The number of carbonyl (C=O) groups excluding carboxylic acids is 1. The first-order chi connectivity index (χ1) is 16.8. The lowest BCUT2D eigenvalue weighted by Crippen LogP contribution is -2.23. The lowest BCUT2D eigenvalue weighted by atomic mass is 10.1. The van der Waals surface area contributed by atoms with E-state index in [1.165, 1.54) is 26.2 Å². The molecular weight excluding hydrogens is 464 g/mol. The molecule has 4 rings (SSSR count).